The summed E-state index contributed by atoms with van der Waals surface area (Å²) in [6, 6.07) is 0.438. The standard InChI is InChI=1S/C13H24N4O/c1-3-14-11(8-12-6-5-7-18-12)9-13-15-10-16-17(13)4-2/h10-12,14H,3-9H2,1-2H3. The van der Waals surface area contributed by atoms with Crippen LogP contribution in [0.15, 0.2) is 6.33 Å². The van der Waals surface area contributed by atoms with Crippen LogP contribution in [0.3, 0.4) is 0 Å². The molecule has 5 nitrogen and oxygen atoms in total. The lowest BCUT2D eigenvalue weighted by atomic mass is 10.0. The van der Waals surface area contributed by atoms with Crippen LogP contribution in [-0.2, 0) is 17.7 Å². The van der Waals surface area contributed by atoms with Crippen LogP contribution in [0.2, 0.25) is 0 Å². The van der Waals surface area contributed by atoms with Gasteiger partial charge < -0.3 is 10.1 Å². The lowest BCUT2D eigenvalue weighted by Crippen LogP contribution is -2.35. The predicted octanol–water partition coefficient (Wildman–Crippen LogP) is 1.39. The third-order valence-electron chi connectivity index (χ3n) is 3.49. The van der Waals surface area contributed by atoms with E-state index in [9.17, 15) is 0 Å². The van der Waals surface area contributed by atoms with Crippen molar-refractivity contribution < 1.29 is 4.74 Å². The van der Waals surface area contributed by atoms with Gasteiger partial charge >= 0.3 is 0 Å². The van der Waals surface area contributed by atoms with Gasteiger partial charge in [0, 0.05) is 25.6 Å². The normalized spacial score (nSPS) is 21.3. The zero-order valence-electron chi connectivity index (χ0n) is 11.4. The maximum atomic E-state index is 5.72. The molecule has 1 N–H and O–H groups in total. The van der Waals surface area contributed by atoms with Crippen molar-refractivity contribution in [1.82, 2.24) is 20.1 Å². The van der Waals surface area contributed by atoms with Crippen LogP contribution in [0.25, 0.3) is 0 Å². The first-order valence-electron chi connectivity index (χ1n) is 7.05. The van der Waals surface area contributed by atoms with Crippen LogP contribution in [0.4, 0.5) is 0 Å². The Bertz CT molecular complexity index is 347. The second kappa shape index (κ2) is 6.85. The maximum absolute atomic E-state index is 5.72. The van der Waals surface area contributed by atoms with Gasteiger partial charge in [0.05, 0.1) is 6.10 Å². The van der Waals surface area contributed by atoms with Gasteiger partial charge in [0.2, 0.25) is 0 Å². The number of aromatic nitrogens is 3. The Hall–Kier alpha value is -0.940. The van der Waals surface area contributed by atoms with Gasteiger partial charge in [-0.1, -0.05) is 6.92 Å². The minimum absolute atomic E-state index is 0.423. The highest BCUT2D eigenvalue weighted by atomic mass is 16.5. The summed E-state index contributed by atoms with van der Waals surface area (Å²) in [7, 11) is 0. The summed E-state index contributed by atoms with van der Waals surface area (Å²) in [6.07, 6.45) is 6.48. The first-order chi connectivity index (χ1) is 8.83. The summed E-state index contributed by atoms with van der Waals surface area (Å²) in [5.74, 6) is 1.07. The fourth-order valence-corrected chi connectivity index (χ4v) is 2.61. The lowest BCUT2D eigenvalue weighted by molar-refractivity contribution is 0.0944. The van der Waals surface area contributed by atoms with Crippen LogP contribution >= 0.6 is 0 Å². The molecule has 2 rings (SSSR count). The zero-order chi connectivity index (χ0) is 12.8. The summed E-state index contributed by atoms with van der Waals surface area (Å²) in [5, 5.41) is 7.76. The molecular formula is C13H24N4O. The Morgan fingerprint density at radius 3 is 3.11 bits per heavy atom. The Balaban J connectivity index is 1.92. The molecule has 1 fully saturated rings. The smallest absolute Gasteiger partial charge is 0.138 e. The van der Waals surface area contributed by atoms with Gasteiger partial charge in [-0.05, 0) is 32.7 Å². The van der Waals surface area contributed by atoms with Gasteiger partial charge in [0.15, 0.2) is 0 Å². The van der Waals surface area contributed by atoms with Crippen LogP contribution in [0.1, 0.15) is 38.9 Å². The van der Waals surface area contributed by atoms with E-state index in [1.807, 2.05) is 4.68 Å². The van der Waals surface area contributed by atoms with Crippen molar-refractivity contribution in [1.29, 1.82) is 0 Å². The van der Waals surface area contributed by atoms with E-state index in [4.69, 9.17) is 4.74 Å². The molecule has 2 unspecified atom stereocenters. The average Bonchev–Trinajstić information content (AvgIpc) is 3.00. The highest BCUT2D eigenvalue weighted by Crippen LogP contribution is 2.18. The quantitative estimate of drug-likeness (QED) is 0.796. The maximum Gasteiger partial charge on any atom is 0.138 e. The first kappa shape index (κ1) is 13.5. The molecule has 0 saturated carbocycles. The molecule has 1 aliphatic heterocycles. The van der Waals surface area contributed by atoms with Gasteiger partial charge in [-0.2, -0.15) is 5.10 Å². The highest BCUT2D eigenvalue weighted by molar-refractivity contribution is 4.91. The summed E-state index contributed by atoms with van der Waals surface area (Å²) in [4.78, 5) is 4.35. The summed E-state index contributed by atoms with van der Waals surface area (Å²) in [5.41, 5.74) is 0. The Morgan fingerprint density at radius 1 is 1.56 bits per heavy atom. The van der Waals surface area contributed by atoms with Crippen molar-refractivity contribution in [2.45, 2.75) is 58.2 Å². The number of ether oxygens (including phenoxy) is 1. The molecule has 0 bridgehead atoms. The van der Waals surface area contributed by atoms with Crippen molar-refractivity contribution in [3.05, 3.63) is 12.2 Å². The second-order valence-corrected chi connectivity index (χ2v) is 4.82. The number of rotatable bonds is 7. The molecule has 0 radical (unpaired) electrons. The third-order valence-corrected chi connectivity index (χ3v) is 3.49. The van der Waals surface area contributed by atoms with E-state index in [0.29, 0.717) is 12.1 Å². The van der Waals surface area contributed by atoms with Crippen molar-refractivity contribution in [3.63, 3.8) is 0 Å². The molecule has 0 aliphatic carbocycles. The fourth-order valence-electron chi connectivity index (χ4n) is 2.61. The number of hydrogen-bond acceptors (Lipinski definition) is 4. The molecule has 0 amide bonds. The van der Waals surface area contributed by atoms with Gasteiger partial charge in [0.1, 0.15) is 12.2 Å². The molecule has 2 heterocycles. The van der Waals surface area contributed by atoms with Crippen LogP contribution in [-0.4, -0.2) is 40.1 Å². The predicted molar refractivity (Wildman–Crippen MR) is 70.5 cm³/mol. The number of nitrogens with one attached hydrogen (secondary N) is 1. The van der Waals surface area contributed by atoms with E-state index < -0.39 is 0 Å². The highest BCUT2D eigenvalue weighted by Gasteiger charge is 2.21. The van der Waals surface area contributed by atoms with E-state index in [0.717, 1.165) is 38.4 Å². The Morgan fingerprint density at radius 2 is 2.44 bits per heavy atom. The largest absolute Gasteiger partial charge is 0.378 e. The molecular weight excluding hydrogens is 228 g/mol. The molecule has 0 aromatic carbocycles. The van der Waals surface area contributed by atoms with E-state index in [2.05, 4.69) is 29.2 Å². The molecule has 18 heavy (non-hydrogen) atoms. The lowest BCUT2D eigenvalue weighted by Gasteiger charge is -2.20. The summed E-state index contributed by atoms with van der Waals surface area (Å²) < 4.78 is 7.69. The summed E-state index contributed by atoms with van der Waals surface area (Å²) >= 11 is 0. The van der Waals surface area contributed by atoms with Crippen molar-refractivity contribution in [2.24, 2.45) is 0 Å². The molecule has 1 aromatic heterocycles. The van der Waals surface area contributed by atoms with Crippen LogP contribution < -0.4 is 5.32 Å². The van der Waals surface area contributed by atoms with Crippen LogP contribution in [0.5, 0.6) is 0 Å². The topological polar surface area (TPSA) is 52.0 Å². The number of nitrogens with zero attached hydrogens (tertiary/aromatic N) is 3. The molecule has 1 aliphatic rings. The van der Waals surface area contributed by atoms with Crippen molar-refractivity contribution in [3.8, 4) is 0 Å². The van der Waals surface area contributed by atoms with Gasteiger partial charge in [-0.3, -0.25) is 4.68 Å². The Labute approximate surface area is 109 Å². The first-order valence-corrected chi connectivity index (χ1v) is 7.05. The molecule has 5 heteroatoms. The minimum atomic E-state index is 0.423. The molecule has 102 valence electrons. The van der Waals surface area contributed by atoms with E-state index in [1.165, 1.54) is 12.8 Å². The van der Waals surface area contributed by atoms with Gasteiger partial charge in [0.25, 0.3) is 0 Å². The van der Waals surface area contributed by atoms with Crippen molar-refractivity contribution in [2.75, 3.05) is 13.2 Å². The number of aryl methyl sites for hydroxylation is 1. The third kappa shape index (κ3) is 3.53. The Kier molecular flexibility index (Phi) is 5.13. The minimum Gasteiger partial charge on any atom is -0.378 e. The van der Waals surface area contributed by atoms with Crippen molar-refractivity contribution >= 4 is 0 Å². The van der Waals surface area contributed by atoms with E-state index in [1.54, 1.807) is 6.33 Å². The second-order valence-electron chi connectivity index (χ2n) is 4.82. The van der Waals surface area contributed by atoms with E-state index >= 15 is 0 Å². The van der Waals surface area contributed by atoms with Gasteiger partial charge in [-0.25, -0.2) is 4.98 Å². The molecule has 1 saturated heterocycles. The zero-order valence-corrected chi connectivity index (χ0v) is 11.4. The molecule has 1 aromatic rings. The fraction of sp³-hybridized carbons (Fsp3) is 0.846. The summed E-state index contributed by atoms with van der Waals surface area (Å²) in [6.45, 7) is 7.04. The van der Waals surface area contributed by atoms with Crippen LogP contribution in [0, 0.1) is 0 Å². The van der Waals surface area contributed by atoms with Gasteiger partial charge in [-0.15, -0.1) is 0 Å². The monoisotopic (exact) mass is 252 g/mol. The number of hydrogen-bond donors (Lipinski definition) is 1. The molecule has 2 atom stereocenters. The SMILES string of the molecule is CCNC(Cc1ncnn1CC)CC1CCCO1. The number of likely N-dealkylation sites (N-methyl/N-ethyl adjacent to an activating group) is 1. The average molecular weight is 252 g/mol. The molecule has 0 spiro atoms. The van der Waals surface area contributed by atoms with E-state index in [-0.39, 0.29) is 0 Å².